The van der Waals surface area contributed by atoms with Crippen LogP contribution in [0.1, 0.15) is 11.1 Å². The van der Waals surface area contributed by atoms with Gasteiger partial charge in [0.2, 0.25) is 0 Å². The first kappa shape index (κ1) is 14.3. The molecule has 102 valence electrons. The Hall–Kier alpha value is -2.11. The Balaban J connectivity index is 2.11. The minimum absolute atomic E-state index is 0.271. The molecule has 0 saturated carbocycles. The molecule has 0 spiro atoms. The summed E-state index contributed by atoms with van der Waals surface area (Å²) >= 11 is 6.11. The number of hydrogen-bond donors (Lipinski definition) is 1. The average Bonchev–Trinajstić information content (AvgIpc) is 2.47. The van der Waals surface area contributed by atoms with Crippen molar-refractivity contribution in [1.29, 1.82) is 0 Å². The summed E-state index contributed by atoms with van der Waals surface area (Å²) in [4.78, 5) is 0. The van der Waals surface area contributed by atoms with Gasteiger partial charge in [-0.2, -0.15) is 0 Å². The third-order valence-corrected chi connectivity index (χ3v) is 3.43. The van der Waals surface area contributed by atoms with Gasteiger partial charge in [-0.15, -0.1) is 6.42 Å². The van der Waals surface area contributed by atoms with E-state index in [1.165, 1.54) is 0 Å². The summed E-state index contributed by atoms with van der Waals surface area (Å²) in [6.07, 6.45) is 5.22. The number of nitrogens with one attached hydrogen (secondary N) is 1. The maximum Gasteiger partial charge on any atom is 0.148 e. The Labute approximate surface area is 124 Å². The van der Waals surface area contributed by atoms with Gasteiger partial charge in [0.15, 0.2) is 0 Å². The van der Waals surface area contributed by atoms with Crippen molar-refractivity contribution in [1.82, 2.24) is 0 Å². The predicted molar refractivity (Wildman–Crippen MR) is 84.3 cm³/mol. The zero-order valence-electron chi connectivity index (χ0n) is 11.3. The van der Waals surface area contributed by atoms with Crippen LogP contribution in [0, 0.1) is 19.3 Å². The van der Waals surface area contributed by atoms with E-state index in [-0.39, 0.29) is 6.61 Å². The molecule has 2 nitrogen and oxygen atoms in total. The Morgan fingerprint density at radius 2 is 2.00 bits per heavy atom. The molecule has 0 radical (unpaired) electrons. The van der Waals surface area contributed by atoms with E-state index in [0.717, 1.165) is 27.6 Å². The summed E-state index contributed by atoms with van der Waals surface area (Å²) < 4.78 is 5.53. The normalized spacial score (nSPS) is 9.85. The molecule has 2 rings (SSSR count). The van der Waals surface area contributed by atoms with Crippen molar-refractivity contribution in [2.24, 2.45) is 0 Å². The number of halogens is 1. The van der Waals surface area contributed by atoms with Gasteiger partial charge in [0.25, 0.3) is 0 Å². The largest absolute Gasteiger partial charge is 0.481 e. The van der Waals surface area contributed by atoms with E-state index in [1.807, 2.05) is 49.4 Å². The first-order valence-corrected chi connectivity index (χ1v) is 6.73. The Bertz CT molecular complexity index is 631. The second-order valence-corrected chi connectivity index (χ2v) is 4.77. The molecule has 0 fully saturated rings. The Kier molecular flexibility index (Phi) is 4.92. The fourth-order valence-corrected chi connectivity index (χ4v) is 2.07. The van der Waals surface area contributed by atoms with E-state index in [0.29, 0.717) is 6.54 Å². The molecule has 0 atom stereocenters. The van der Waals surface area contributed by atoms with Gasteiger partial charge < -0.3 is 10.1 Å². The molecule has 0 aromatic heterocycles. The lowest BCUT2D eigenvalue weighted by Gasteiger charge is -2.13. The van der Waals surface area contributed by atoms with Gasteiger partial charge in [-0.3, -0.25) is 0 Å². The fraction of sp³-hybridized carbons (Fsp3) is 0.176. The van der Waals surface area contributed by atoms with Gasteiger partial charge >= 0.3 is 0 Å². The Morgan fingerprint density at radius 3 is 2.80 bits per heavy atom. The summed E-state index contributed by atoms with van der Waals surface area (Å²) in [6, 6.07) is 13.7. The zero-order valence-corrected chi connectivity index (χ0v) is 12.1. The minimum Gasteiger partial charge on any atom is -0.481 e. The van der Waals surface area contributed by atoms with Crippen LogP contribution < -0.4 is 10.1 Å². The molecule has 20 heavy (non-hydrogen) atoms. The zero-order chi connectivity index (χ0) is 14.4. The van der Waals surface area contributed by atoms with Crippen molar-refractivity contribution in [2.45, 2.75) is 13.5 Å². The molecule has 0 aliphatic heterocycles. The molecule has 0 aliphatic rings. The highest BCUT2D eigenvalue weighted by Crippen LogP contribution is 2.25. The number of benzene rings is 2. The highest BCUT2D eigenvalue weighted by Gasteiger charge is 2.05. The molecule has 0 aliphatic carbocycles. The van der Waals surface area contributed by atoms with Gasteiger partial charge in [0.05, 0.1) is 0 Å². The Morgan fingerprint density at radius 1 is 1.20 bits per heavy atom. The molecule has 1 N–H and O–H groups in total. The van der Waals surface area contributed by atoms with E-state index in [4.69, 9.17) is 22.8 Å². The van der Waals surface area contributed by atoms with Crippen LogP contribution in [-0.4, -0.2) is 6.61 Å². The van der Waals surface area contributed by atoms with Crippen molar-refractivity contribution in [2.75, 3.05) is 11.9 Å². The summed E-state index contributed by atoms with van der Waals surface area (Å²) in [6.45, 7) is 2.92. The lowest BCUT2D eigenvalue weighted by molar-refractivity contribution is 0.366. The smallest absolute Gasteiger partial charge is 0.148 e. The van der Waals surface area contributed by atoms with E-state index >= 15 is 0 Å². The van der Waals surface area contributed by atoms with Crippen molar-refractivity contribution in [3.8, 4) is 18.1 Å². The van der Waals surface area contributed by atoms with Crippen LogP contribution >= 0.6 is 11.6 Å². The van der Waals surface area contributed by atoms with Crippen LogP contribution in [0.15, 0.2) is 42.5 Å². The van der Waals surface area contributed by atoms with Crippen molar-refractivity contribution < 1.29 is 4.74 Å². The lowest BCUT2D eigenvalue weighted by atomic mass is 10.1. The first-order chi connectivity index (χ1) is 9.72. The van der Waals surface area contributed by atoms with E-state index in [9.17, 15) is 0 Å². The number of anilines is 1. The second kappa shape index (κ2) is 6.88. The third-order valence-electron chi connectivity index (χ3n) is 3.02. The van der Waals surface area contributed by atoms with Crippen LogP contribution in [0.25, 0.3) is 0 Å². The maximum atomic E-state index is 6.11. The van der Waals surface area contributed by atoms with Crippen LogP contribution in [0.3, 0.4) is 0 Å². The molecule has 2 aromatic carbocycles. The molecule has 2 aromatic rings. The predicted octanol–water partition coefficient (Wildman–Crippen LogP) is 4.27. The summed E-state index contributed by atoms with van der Waals surface area (Å²) in [7, 11) is 0. The van der Waals surface area contributed by atoms with Crippen LogP contribution in [0.4, 0.5) is 5.69 Å². The quantitative estimate of drug-likeness (QED) is 0.828. The van der Waals surface area contributed by atoms with Crippen molar-refractivity contribution >= 4 is 17.3 Å². The number of rotatable bonds is 5. The highest BCUT2D eigenvalue weighted by molar-refractivity contribution is 6.31. The van der Waals surface area contributed by atoms with Gasteiger partial charge in [-0.05, 0) is 30.7 Å². The van der Waals surface area contributed by atoms with Crippen LogP contribution in [-0.2, 0) is 6.54 Å². The van der Waals surface area contributed by atoms with Crippen LogP contribution in [0.5, 0.6) is 5.75 Å². The molecular weight excluding hydrogens is 270 g/mol. The van der Waals surface area contributed by atoms with Gasteiger partial charge in [-0.1, -0.05) is 41.8 Å². The minimum atomic E-state index is 0.271. The molecule has 3 heteroatoms. The fourth-order valence-electron chi connectivity index (χ4n) is 1.90. The topological polar surface area (TPSA) is 21.3 Å². The second-order valence-electron chi connectivity index (χ2n) is 4.37. The molecular formula is C17H16ClNO. The van der Waals surface area contributed by atoms with Crippen molar-refractivity contribution in [3.63, 3.8) is 0 Å². The van der Waals surface area contributed by atoms with Crippen LogP contribution in [0.2, 0.25) is 5.02 Å². The third kappa shape index (κ3) is 3.46. The molecule has 0 amide bonds. The molecule has 0 unspecified atom stereocenters. The highest BCUT2D eigenvalue weighted by atomic mass is 35.5. The molecule has 0 heterocycles. The van der Waals surface area contributed by atoms with Gasteiger partial charge in [-0.25, -0.2) is 0 Å². The monoisotopic (exact) mass is 285 g/mol. The molecule has 0 bridgehead atoms. The van der Waals surface area contributed by atoms with Gasteiger partial charge in [0.1, 0.15) is 12.4 Å². The number of para-hydroxylation sites is 1. The summed E-state index contributed by atoms with van der Waals surface area (Å²) in [5.41, 5.74) is 3.11. The van der Waals surface area contributed by atoms with E-state index in [1.54, 1.807) is 0 Å². The van der Waals surface area contributed by atoms with Gasteiger partial charge in [0, 0.05) is 22.8 Å². The average molecular weight is 286 g/mol. The number of terminal acetylenes is 1. The standard InChI is InChI=1S/C17H16ClNO/c1-3-11-20-17-10-5-4-7-14(17)12-19-16-9-6-8-15(18)13(16)2/h1,4-10,19H,11-12H2,2H3. The molecule has 0 saturated heterocycles. The number of hydrogen-bond acceptors (Lipinski definition) is 2. The van der Waals surface area contributed by atoms with Crippen molar-refractivity contribution in [3.05, 3.63) is 58.6 Å². The first-order valence-electron chi connectivity index (χ1n) is 6.35. The maximum absolute atomic E-state index is 6.11. The SMILES string of the molecule is C#CCOc1ccccc1CNc1cccc(Cl)c1C. The summed E-state index contributed by atoms with van der Waals surface area (Å²) in [5.74, 6) is 3.28. The van der Waals surface area contributed by atoms with E-state index < -0.39 is 0 Å². The lowest BCUT2D eigenvalue weighted by Crippen LogP contribution is -2.04. The number of ether oxygens (including phenoxy) is 1. The van der Waals surface area contributed by atoms with E-state index in [2.05, 4.69) is 11.2 Å². The summed E-state index contributed by atoms with van der Waals surface area (Å²) in [5, 5.41) is 4.13.